The summed E-state index contributed by atoms with van der Waals surface area (Å²) in [5, 5.41) is 11.6. The van der Waals surface area contributed by atoms with Gasteiger partial charge < -0.3 is 24.8 Å². The summed E-state index contributed by atoms with van der Waals surface area (Å²) < 4.78 is 10.3. The molecule has 0 bridgehead atoms. The predicted octanol–water partition coefficient (Wildman–Crippen LogP) is 2.14. The Kier molecular flexibility index (Phi) is 8.05. The van der Waals surface area contributed by atoms with Crippen molar-refractivity contribution in [3.8, 4) is 0 Å². The van der Waals surface area contributed by atoms with E-state index in [1.165, 1.54) is 4.90 Å². The Balaban J connectivity index is 2.33. The molecule has 2 amide bonds. The van der Waals surface area contributed by atoms with Gasteiger partial charge >= 0.3 is 12.2 Å². The van der Waals surface area contributed by atoms with Crippen molar-refractivity contribution in [2.24, 2.45) is 0 Å². The zero-order valence-electron chi connectivity index (χ0n) is 14.4. The minimum Gasteiger partial charge on any atom is -0.445 e. The van der Waals surface area contributed by atoms with Gasteiger partial charge in [-0.3, -0.25) is 0 Å². The van der Waals surface area contributed by atoms with Gasteiger partial charge in [-0.1, -0.05) is 30.3 Å². The van der Waals surface area contributed by atoms with Gasteiger partial charge in [0, 0.05) is 19.6 Å². The number of rotatable bonds is 7. The third kappa shape index (κ3) is 8.38. The molecular weight excluding hydrogens is 312 g/mol. The van der Waals surface area contributed by atoms with Crippen LogP contribution >= 0.6 is 0 Å². The maximum Gasteiger partial charge on any atom is 0.410 e. The quantitative estimate of drug-likeness (QED) is 0.795. The highest BCUT2D eigenvalue weighted by molar-refractivity contribution is 5.69. The fourth-order valence-electron chi connectivity index (χ4n) is 1.81. The second-order valence-corrected chi connectivity index (χ2v) is 6.18. The Morgan fingerprint density at radius 2 is 1.83 bits per heavy atom. The van der Waals surface area contributed by atoms with Crippen molar-refractivity contribution in [1.82, 2.24) is 10.2 Å². The molecule has 134 valence electrons. The fraction of sp³-hybridized carbons (Fsp3) is 0.529. The first-order valence-corrected chi connectivity index (χ1v) is 7.85. The molecule has 0 radical (unpaired) electrons. The molecule has 0 heterocycles. The molecule has 7 heteroatoms. The van der Waals surface area contributed by atoms with Crippen molar-refractivity contribution < 1.29 is 24.2 Å². The van der Waals surface area contributed by atoms with Crippen LogP contribution in [0.3, 0.4) is 0 Å². The van der Waals surface area contributed by atoms with E-state index in [0.717, 1.165) is 5.56 Å². The topological polar surface area (TPSA) is 88.1 Å². The number of carbonyl (C=O) groups excluding carboxylic acids is 2. The van der Waals surface area contributed by atoms with Gasteiger partial charge in [0.15, 0.2) is 0 Å². The number of carbonyl (C=O) groups is 2. The lowest BCUT2D eigenvalue weighted by atomic mass is 10.2. The number of benzene rings is 1. The highest BCUT2D eigenvalue weighted by atomic mass is 16.6. The van der Waals surface area contributed by atoms with Gasteiger partial charge in [-0.25, -0.2) is 9.59 Å². The van der Waals surface area contributed by atoms with E-state index in [0.29, 0.717) is 0 Å². The number of amides is 2. The molecular formula is C17H26N2O5. The Morgan fingerprint density at radius 1 is 1.17 bits per heavy atom. The van der Waals surface area contributed by atoms with Crippen LogP contribution < -0.4 is 5.32 Å². The van der Waals surface area contributed by atoms with E-state index in [-0.39, 0.29) is 32.8 Å². The van der Waals surface area contributed by atoms with Crippen molar-refractivity contribution in [2.75, 3.05) is 26.2 Å². The van der Waals surface area contributed by atoms with E-state index in [9.17, 15) is 9.59 Å². The highest BCUT2D eigenvalue weighted by Gasteiger charge is 2.21. The highest BCUT2D eigenvalue weighted by Crippen LogP contribution is 2.09. The molecule has 1 aromatic carbocycles. The number of hydrogen-bond donors (Lipinski definition) is 2. The van der Waals surface area contributed by atoms with Gasteiger partial charge in [-0.2, -0.15) is 0 Å². The molecule has 0 saturated carbocycles. The lowest BCUT2D eigenvalue weighted by Gasteiger charge is -2.27. The molecule has 1 rings (SSSR count). The fourth-order valence-corrected chi connectivity index (χ4v) is 1.81. The summed E-state index contributed by atoms with van der Waals surface area (Å²) in [6.45, 7) is 5.85. The second kappa shape index (κ2) is 9.77. The number of aliphatic hydroxyl groups excluding tert-OH is 1. The maximum atomic E-state index is 12.0. The molecule has 0 aromatic heterocycles. The van der Waals surface area contributed by atoms with Crippen LogP contribution in [0.15, 0.2) is 30.3 Å². The van der Waals surface area contributed by atoms with Crippen LogP contribution in [0, 0.1) is 0 Å². The van der Waals surface area contributed by atoms with Crippen molar-refractivity contribution in [1.29, 1.82) is 0 Å². The zero-order chi connectivity index (χ0) is 18.0. The molecule has 0 aliphatic rings. The van der Waals surface area contributed by atoms with Crippen molar-refractivity contribution >= 4 is 12.2 Å². The molecule has 24 heavy (non-hydrogen) atoms. The van der Waals surface area contributed by atoms with E-state index >= 15 is 0 Å². The smallest absolute Gasteiger partial charge is 0.410 e. The Hall–Kier alpha value is -2.28. The normalized spacial score (nSPS) is 10.8. The summed E-state index contributed by atoms with van der Waals surface area (Å²) in [5.74, 6) is 0. The van der Waals surface area contributed by atoms with Crippen molar-refractivity contribution in [3.63, 3.8) is 0 Å². The Bertz CT molecular complexity index is 513. The van der Waals surface area contributed by atoms with Crippen LogP contribution in [0.2, 0.25) is 0 Å². The van der Waals surface area contributed by atoms with Gasteiger partial charge in [0.25, 0.3) is 0 Å². The van der Waals surface area contributed by atoms with Crippen molar-refractivity contribution in [2.45, 2.75) is 33.0 Å². The SMILES string of the molecule is CC(C)(C)OC(=O)N(CCO)CCNC(=O)OCc1ccccc1. The van der Waals surface area contributed by atoms with Crippen LogP contribution in [0.25, 0.3) is 0 Å². The number of nitrogens with one attached hydrogen (secondary N) is 1. The molecule has 2 N–H and O–H groups in total. The zero-order valence-corrected chi connectivity index (χ0v) is 14.4. The molecule has 0 saturated heterocycles. The Labute approximate surface area is 142 Å². The van der Waals surface area contributed by atoms with E-state index in [1.807, 2.05) is 30.3 Å². The number of hydrogen-bond acceptors (Lipinski definition) is 5. The molecule has 0 fully saturated rings. The second-order valence-electron chi connectivity index (χ2n) is 6.18. The van der Waals surface area contributed by atoms with Crippen LogP contribution in [-0.2, 0) is 16.1 Å². The molecule has 0 unspecified atom stereocenters. The van der Waals surface area contributed by atoms with Gasteiger partial charge in [-0.15, -0.1) is 0 Å². The largest absolute Gasteiger partial charge is 0.445 e. The number of alkyl carbamates (subject to hydrolysis) is 1. The molecule has 1 aromatic rings. The molecule has 0 aliphatic heterocycles. The Morgan fingerprint density at radius 3 is 2.42 bits per heavy atom. The van der Waals surface area contributed by atoms with Crippen LogP contribution in [0.1, 0.15) is 26.3 Å². The minimum atomic E-state index is -0.618. The minimum absolute atomic E-state index is 0.135. The van der Waals surface area contributed by atoms with E-state index in [4.69, 9.17) is 14.6 Å². The van der Waals surface area contributed by atoms with Crippen LogP contribution in [0.5, 0.6) is 0 Å². The summed E-state index contributed by atoms with van der Waals surface area (Å²) in [7, 11) is 0. The third-order valence-corrected chi connectivity index (χ3v) is 2.89. The van der Waals surface area contributed by atoms with Crippen molar-refractivity contribution in [3.05, 3.63) is 35.9 Å². The lowest BCUT2D eigenvalue weighted by molar-refractivity contribution is 0.0220. The first kappa shape index (κ1) is 19.8. The van der Waals surface area contributed by atoms with Gasteiger partial charge in [0.2, 0.25) is 0 Å². The summed E-state index contributed by atoms with van der Waals surface area (Å²) in [4.78, 5) is 25.0. The standard InChI is InChI=1S/C17H26N2O5/c1-17(2,3)24-16(22)19(11-12-20)10-9-18-15(21)23-13-14-7-5-4-6-8-14/h4-8,20H,9-13H2,1-3H3,(H,18,21). The first-order valence-electron chi connectivity index (χ1n) is 7.85. The number of aliphatic hydroxyl groups is 1. The average molecular weight is 338 g/mol. The monoisotopic (exact) mass is 338 g/mol. The molecule has 0 spiro atoms. The molecule has 7 nitrogen and oxygen atoms in total. The van der Waals surface area contributed by atoms with Gasteiger partial charge in [-0.05, 0) is 26.3 Å². The maximum absolute atomic E-state index is 12.0. The van der Waals surface area contributed by atoms with Crippen LogP contribution in [0.4, 0.5) is 9.59 Å². The molecule has 0 atom stereocenters. The summed E-state index contributed by atoms with van der Waals surface area (Å²) in [5.41, 5.74) is 0.274. The van der Waals surface area contributed by atoms with E-state index in [1.54, 1.807) is 20.8 Å². The molecule has 0 aliphatic carbocycles. The first-order chi connectivity index (χ1) is 11.3. The average Bonchev–Trinajstić information content (AvgIpc) is 2.51. The number of ether oxygens (including phenoxy) is 2. The van der Waals surface area contributed by atoms with E-state index < -0.39 is 17.8 Å². The van der Waals surface area contributed by atoms with Crippen LogP contribution in [-0.4, -0.2) is 54.0 Å². The lowest BCUT2D eigenvalue weighted by Crippen LogP contribution is -2.42. The van der Waals surface area contributed by atoms with Gasteiger partial charge in [0.1, 0.15) is 12.2 Å². The third-order valence-electron chi connectivity index (χ3n) is 2.89. The van der Waals surface area contributed by atoms with E-state index in [2.05, 4.69) is 5.32 Å². The van der Waals surface area contributed by atoms with Gasteiger partial charge in [0.05, 0.1) is 6.61 Å². The summed E-state index contributed by atoms with van der Waals surface area (Å²) >= 11 is 0. The predicted molar refractivity (Wildman–Crippen MR) is 89.5 cm³/mol. The summed E-state index contributed by atoms with van der Waals surface area (Å²) in [6.07, 6.45) is -1.09. The number of nitrogens with zero attached hydrogens (tertiary/aromatic N) is 1. The summed E-state index contributed by atoms with van der Waals surface area (Å²) in [6, 6.07) is 9.34.